The molecule has 1 rings (SSSR count). The van der Waals surface area contributed by atoms with E-state index in [1.807, 2.05) is 0 Å². The zero-order valence-corrected chi connectivity index (χ0v) is 4.94. The third-order valence-corrected chi connectivity index (χ3v) is 0.854. The first-order valence-electron chi connectivity index (χ1n) is 2.44. The minimum atomic E-state index is 0.215. The normalized spacial score (nSPS) is 7.80. The van der Waals surface area contributed by atoms with Crippen LogP contribution in [0.5, 0.6) is 0 Å². The summed E-state index contributed by atoms with van der Waals surface area (Å²) >= 11 is 0. The molecule has 0 aromatic carbocycles. The van der Waals surface area contributed by atoms with Crippen molar-refractivity contribution in [2.75, 3.05) is 0 Å². The lowest BCUT2D eigenvalue weighted by molar-refractivity contribution is 1.24. The third kappa shape index (κ3) is 1.07. The predicted octanol–water partition coefficient (Wildman–Crippen LogP) is 1.58. The number of hydrogen-bond acceptors (Lipinski definition) is 2. The summed E-state index contributed by atoms with van der Waals surface area (Å²) in [6, 6.07) is 0. The van der Waals surface area contributed by atoms with Crippen molar-refractivity contribution in [3.8, 4) is 0 Å². The van der Waals surface area contributed by atoms with E-state index in [1.165, 1.54) is 12.4 Å². The first-order chi connectivity index (χ1) is 4.86. The summed E-state index contributed by atoms with van der Waals surface area (Å²) in [5, 5.41) is 0. The summed E-state index contributed by atoms with van der Waals surface area (Å²) in [4.78, 5) is 13.3. The molecule has 0 radical (unpaired) electrons. The molecule has 0 spiro atoms. The van der Waals surface area contributed by atoms with Gasteiger partial charge in [0.1, 0.15) is 12.4 Å². The lowest BCUT2D eigenvalue weighted by Crippen LogP contribution is -1.73. The van der Waals surface area contributed by atoms with Crippen LogP contribution in [0, 0.1) is 13.1 Å². The zero-order chi connectivity index (χ0) is 7.40. The Balaban J connectivity index is 3.08. The van der Waals surface area contributed by atoms with Crippen LogP contribution in [-0.4, -0.2) is 9.97 Å². The Labute approximate surface area is 57.8 Å². The van der Waals surface area contributed by atoms with E-state index in [0.717, 1.165) is 0 Å². The molecule has 1 aromatic rings. The van der Waals surface area contributed by atoms with Crippen molar-refractivity contribution in [2.45, 2.75) is 0 Å². The fourth-order valence-electron chi connectivity index (χ4n) is 0.430. The number of hydrogen-bond donors (Lipinski definition) is 0. The van der Waals surface area contributed by atoms with Gasteiger partial charge >= 0.3 is 11.6 Å². The second kappa shape index (κ2) is 2.56. The van der Waals surface area contributed by atoms with E-state index in [0.29, 0.717) is 0 Å². The molecule has 1 aromatic heterocycles. The second-order valence-electron chi connectivity index (χ2n) is 1.46. The van der Waals surface area contributed by atoms with E-state index < -0.39 is 0 Å². The molecule has 0 aliphatic rings. The Bertz CT molecular complexity index is 267. The smallest absolute Gasteiger partial charge is 0.310 e. The van der Waals surface area contributed by atoms with Gasteiger partial charge in [-0.25, -0.2) is 0 Å². The highest BCUT2D eigenvalue weighted by atomic mass is 15.0. The van der Waals surface area contributed by atoms with Crippen LogP contribution >= 0.6 is 0 Å². The van der Waals surface area contributed by atoms with Crippen molar-refractivity contribution < 1.29 is 0 Å². The molecule has 1 heterocycles. The second-order valence-corrected chi connectivity index (χ2v) is 1.46. The molecule has 0 N–H and O–H groups in total. The average Bonchev–Trinajstić information content (AvgIpc) is 2.05. The molecule has 4 heteroatoms. The van der Waals surface area contributed by atoms with E-state index in [2.05, 4.69) is 19.7 Å². The lowest BCUT2D eigenvalue weighted by atomic mass is 10.6. The highest BCUT2D eigenvalue weighted by Crippen LogP contribution is 2.09. The first kappa shape index (κ1) is 6.18. The van der Waals surface area contributed by atoms with Gasteiger partial charge in [0, 0.05) is 0 Å². The summed E-state index contributed by atoms with van der Waals surface area (Å²) in [6.45, 7) is 13.0. The van der Waals surface area contributed by atoms with Crippen molar-refractivity contribution in [1.29, 1.82) is 0 Å². The summed E-state index contributed by atoms with van der Waals surface area (Å²) in [5.74, 6) is 0.430. The predicted molar refractivity (Wildman–Crippen MR) is 34.6 cm³/mol. The monoisotopic (exact) mass is 130 g/mol. The Morgan fingerprint density at radius 3 is 1.60 bits per heavy atom. The van der Waals surface area contributed by atoms with Crippen LogP contribution in [-0.2, 0) is 0 Å². The van der Waals surface area contributed by atoms with Crippen LogP contribution < -0.4 is 0 Å². The summed E-state index contributed by atoms with van der Waals surface area (Å²) in [5.41, 5.74) is 0. The Morgan fingerprint density at radius 2 is 1.40 bits per heavy atom. The molecule has 0 saturated heterocycles. The highest BCUT2D eigenvalue weighted by molar-refractivity contribution is 5.39. The van der Waals surface area contributed by atoms with E-state index >= 15 is 0 Å². The van der Waals surface area contributed by atoms with Crippen molar-refractivity contribution in [1.82, 2.24) is 9.97 Å². The average molecular weight is 130 g/mol. The van der Waals surface area contributed by atoms with Gasteiger partial charge in [-0.05, 0) is 0 Å². The van der Waals surface area contributed by atoms with Gasteiger partial charge in [-0.2, -0.15) is 0 Å². The quantitative estimate of drug-likeness (QED) is 0.499. The topological polar surface area (TPSA) is 34.5 Å². The first-order valence-corrected chi connectivity index (χ1v) is 2.44. The molecule has 0 atom stereocenters. The summed E-state index contributed by atoms with van der Waals surface area (Å²) in [7, 11) is 0. The van der Waals surface area contributed by atoms with E-state index in [4.69, 9.17) is 13.1 Å². The molecule has 0 bridgehead atoms. The lowest BCUT2D eigenvalue weighted by Gasteiger charge is -1.81. The van der Waals surface area contributed by atoms with Gasteiger partial charge in [0.25, 0.3) is 0 Å². The van der Waals surface area contributed by atoms with Gasteiger partial charge in [0.2, 0.25) is 0 Å². The molecule has 0 saturated carbocycles. The van der Waals surface area contributed by atoms with Crippen LogP contribution in [0.2, 0.25) is 0 Å². The number of nitrogens with zero attached hydrogens (tertiary/aromatic N) is 4. The summed E-state index contributed by atoms with van der Waals surface area (Å²) in [6.07, 6.45) is 2.56. The number of rotatable bonds is 0. The maximum atomic E-state index is 6.52. The number of aromatic nitrogens is 2. The molecular weight excluding hydrogens is 128 g/mol. The Morgan fingerprint density at radius 1 is 1.00 bits per heavy atom. The van der Waals surface area contributed by atoms with Crippen LogP contribution in [0.15, 0.2) is 12.4 Å². The van der Waals surface area contributed by atoms with Crippen molar-refractivity contribution in [3.63, 3.8) is 0 Å². The van der Waals surface area contributed by atoms with Crippen LogP contribution in [0.25, 0.3) is 9.69 Å². The Kier molecular flexibility index (Phi) is 1.58. The van der Waals surface area contributed by atoms with E-state index in [9.17, 15) is 0 Å². The molecular formula is C6H2N4. The van der Waals surface area contributed by atoms with Gasteiger partial charge in [0.05, 0.1) is 0 Å². The standard InChI is InChI=1S/C6H2N4/c1-7-5-3-10-6(8-2)4-9-5/h3-4H. The van der Waals surface area contributed by atoms with Crippen LogP contribution in [0.3, 0.4) is 0 Å². The maximum absolute atomic E-state index is 6.52. The molecule has 4 nitrogen and oxygen atoms in total. The molecule has 0 aliphatic carbocycles. The van der Waals surface area contributed by atoms with Crippen molar-refractivity contribution in [3.05, 3.63) is 35.2 Å². The minimum absolute atomic E-state index is 0.215. The molecule has 0 aliphatic heterocycles. The SMILES string of the molecule is [C-]#[N+]c1cnc([N+]#[C-])cn1. The Hall–Kier alpha value is -1.94. The van der Waals surface area contributed by atoms with Crippen LogP contribution in [0.1, 0.15) is 0 Å². The maximum Gasteiger partial charge on any atom is 0.310 e. The highest BCUT2D eigenvalue weighted by Gasteiger charge is 1.96. The fourth-order valence-corrected chi connectivity index (χ4v) is 0.430. The molecule has 0 fully saturated rings. The fraction of sp³-hybridized carbons (Fsp3) is 0. The molecule has 10 heavy (non-hydrogen) atoms. The van der Waals surface area contributed by atoms with Gasteiger partial charge < -0.3 is 9.69 Å². The van der Waals surface area contributed by atoms with E-state index in [1.54, 1.807) is 0 Å². The largest absolute Gasteiger partial charge is 0.358 e. The van der Waals surface area contributed by atoms with Gasteiger partial charge in [-0.3, -0.25) is 0 Å². The molecule has 0 unspecified atom stereocenters. The van der Waals surface area contributed by atoms with Crippen molar-refractivity contribution >= 4 is 11.6 Å². The van der Waals surface area contributed by atoms with Gasteiger partial charge in [-0.1, -0.05) is 13.1 Å². The molecule has 0 amide bonds. The zero-order valence-electron chi connectivity index (χ0n) is 4.94. The third-order valence-electron chi connectivity index (χ3n) is 0.854. The van der Waals surface area contributed by atoms with Gasteiger partial charge in [-0.15, -0.1) is 9.97 Å². The van der Waals surface area contributed by atoms with Gasteiger partial charge in [0.15, 0.2) is 0 Å². The minimum Gasteiger partial charge on any atom is -0.358 e. The van der Waals surface area contributed by atoms with Crippen molar-refractivity contribution in [2.24, 2.45) is 0 Å². The van der Waals surface area contributed by atoms with Crippen LogP contribution in [0.4, 0.5) is 11.6 Å². The molecule has 46 valence electrons. The van der Waals surface area contributed by atoms with E-state index in [-0.39, 0.29) is 11.6 Å². The summed E-state index contributed by atoms with van der Waals surface area (Å²) < 4.78 is 0.